The van der Waals surface area contributed by atoms with Crippen LogP contribution in [0.3, 0.4) is 0 Å². The average Bonchev–Trinajstić information content (AvgIpc) is 2.67. The Hall–Kier alpha value is -1.42. The van der Waals surface area contributed by atoms with Gasteiger partial charge >= 0.3 is 6.09 Å². The molecule has 1 aliphatic rings. The Balaban J connectivity index is 1.95. The number of nitrogens with one attached hydrogen (secondary N) is 1. The summed E-state index contributed by atoms with van der Waals surface area (Å²) in [4.78, 5) is 14.0. The van der Waals surface area contributed by atoms with Gasteiger partial charge in [-0.25, -0.2) is 4.79 Å². The second-order valence-corrected chi connectivity index (χ2v) is 7.58. The molecule has 128 valence electrons. The SMILES string of the molecule is Cc1cccc(Cl)c1NC1CCCN(C(=O)OC(C)(C)C)CC1. The largest absolute Gasteiger partial charge is 0.444 e. The van der Waals surface area contributed by atoms with E-state index in [0.717, 1.165) is 42.1 Å². The molecule has 0 spiro atoms. The van der Waals surface area contributed by atoms with Gasteiger partial charge in [0.15, 0.2) is 0 Å². The van der Waals surface area contributed by atoms with Crippen LogP contribution in [0, 0.1) is 6.92 Å². The highest BCUT2D eigenvalue weighted by Gasteiger charge is 2.25. The minimum atomic E-state index is -0.449. The van der Waals surface area contributed by atoms with E-state index in [1.807, 2.05) is 37.8 Å². The van der Waals surface area contributed by atoms with Crippen molar-refractivity contribution in [2.75, 3.05) is 18.4 Å². The monoisotopic (exact) mass is 338 g/mol. The first-order valence-electron chi connectivity index (χ1n) is 8.26. The molecule has 1 fully saturated rings. The average molecular weight is 339 g/mol. The molecule has 0 bridgehead atoms. The van der Waals surface area contributed by atoms with Gasteiger partial charge in [-0.3, -0.25) is 0 Å². The minimum Gasteiger partial charge on any atom is -0.444 e. The molecule has 1 atom stereocenters. The molecule has 1 aromatic rings. The van der Waals surface area contributed by atoms with E-state index in [0.29, 0.717) is 12.6 Å². The van der Waals surface area contributed by atoms with E-state index in [-0.39, 0.29) is 6.09 Å². The second kappa shape index (κ2) is 7.43. The predicted molar refractivity (Wildman–Crippen MR) is 95.3 cm³/mol. The molecule has 1 saturated heterocycles. The molecule has 1 amide bonds. The summed E-state index contributed by atoms with van der Waals surface area (Å²) in [6, 6.07) is 6.24. The smallest absolute Gasteiger partial charge is 0.410 e. The van der Waals surface area contributed by atoms with Gasteiger partial charge < -0.3 is 15.0 Å². The van der Waals surface area contributed by atoms with E-state index < -0.39 is 5.60 Å². The van der Waals surface area contributed by atoms with E-state index in [4.69, 9.17) is 16.3 Å². The zero-order valence-electron chi connectivity index (χ0n) is 14.5. The van der Waals surface area contributed by atoms with Crippen molar-refractivity contribution in [3.05, 3.63) is 28.8 Å². The Bertz CT molecular complexity index is 534. The lowest BCUT2D eigenvalue weighted by atomic mass is 10.1. The number of rotatable bonds is 2. The molecule has 0 radical (unpaired) electrons. The van der Waals surface area contributed by atoms with Crippen LogP contribution in [0.15, 0.2) is 18.2 Å². The van der Waals surface area contributed by atoms with Crippen LogP contribution in [0.25, 0.3) is 0 Å². The first-order valence-corrected chi connectivity index (χ1v) is 8.63. The zero-order valence-corrected chi connectivity index (χ0v) is 15.2. The summed E-state index contributed by atoms with van der Waals surface area (Å²) in [5.74, 6) is 0. The molecule has 0 aliphatic carbocycles. The number of para-hydroxylation sites is 1. The van der Waals surface area contributed by atoms with Crippen LogP contribution >= 0.6 is 11.6 Å². The number of hydrogen-bond acceptors (Lipinski definition) is 3. The van der Waals surface area contributed by atoms with Crippen molar-refractivity contribution in [1.29, 1.82) is 0 Å². The van der Waals surface area contributed by atoms with E-state index in [2.05, 4.69) is 18.3 Å². The Morgan fingerprint density at radius 1 is 1.30 bits per heavy atom. The number of halogens is 1. The fourth-order valence-electron chi connectivity index (χ4n) is 2.77. The van der Waals surface area contributed by atoms with E-state index in [9.17, 15) is 4.79 Å². The van der Waals surface area contributed by atoms with Gasteiger partial charge in [0.2, 0.25) is 0 Å². The van der Waals surface area contributed by atoms with Crippen LogP contribution in [-0.2, 0) is 4.74 Å². The summed E-state index contributed by atoms with van der Waals surface area (Å²) >= 11 is 6.29. The lowest BCUT2D eigenvalue weighted by Crippen LogP contribution is -2.37. The lowest BCUT2D eigenvalue weighted by Gasteiger charge is -2.26. The summed E-state index contributed by atoms with van der Waals surface area (Å²) in [6.45, 7) is 9.19. The molecule has 1 aliphatic heterocycles. The maximum absolute atomic E-state index is 12.2. The van der Waals surface area contributed by atoms with Gasteiger partial charge in [0, 0.05) is 19.1 Å². The summed E-state index contributed by atoms with van der Waals surface area (Å²) < 4.78 is 5.47. The Kier molecular flexibility index (Phi) is 5.79. The van der Waals surface area contributed by atoms with Gasteiger partial charge in [-0.1, -0.05) is 23.7 Å². The van der Waals surface area contributed by atoms with Crippen molar-refractivity contribution in [3.63, 3.8) is 0 Å². The number of carbonyl (C=O) groups excluding carboxylic acids is 1. The molecule has 0 aromatic heterocycles. The van der Waals surface area contributed by atoms with Gasteiger partial charge in [0.05, 0.1) is 10.7 Å². The third-order valence-electron chi connectivity index (χ3n) is 3.95. The summed E-state index contributed by atoms with van der Waals surface area (Å²) in [5, 5.41) is 4.30. The van der Waals surface area contributed by atoms with Gasteiger partial charge in [0.25, 0.3) is 0 Å². The van der Waals surface area contributed by atoms with Crippen molar-refractivity contribution < 1.29 is 9.53 Å². The van der Waals surface area contributed by atoms with Crippen molar-refractivity contribution >= 4 is 23.4 Å². The fraction of sp³-hybridized carbons (Fsp3) is 0.611. The van der Waals surface area contributed by atoms with Crippen molar-refractivity contribution in [2.45, 2.75) is 58.6 Å². The Labute approximate surface area is 144 Å². The van der Waals surface area contributed by atoms with Gasteiger partial charge in [0.1, 0.15) is 5.60 Å². The number of ether oxygens (including phenoxy) is 1. The van der Waals surface area contributed by atoms with Crippen LogP contribution < -0.4 is 5.32 Å². The number of carbonyl (C=O) groups is 1. The molecule has 1 unspecified atom stereocenters. The molecule has 0 saturated carbocycles. The number of anilines is 1. The number of aryl methyl sites for hydroxylation is 1. The summed E-state index contributed by atoms with van der Waals surface area (Å²) in [7, 11) is 0. The standard InChI is InChI=1S/C18H27ClN2O2/c1-13-7-5-9-15(19)16(13)20-14-8-6-11-21(12-10-14)17(22)23-18(2,3)4/h5,7,9,14,20H,6,8,10-12H2,1-4H3. The maximum atomic E-state index is 12.2. The van der Waals surface area contributed by atoms with E-state index in [1.54, 1.807) is 0 Å². The molecule has 23 heavy (non-hydrogen) atoms. The van der Waals surface area contributed by atoms with E-state index in [1.165, 1.54) is 0 Å². The molecular weight excluding hydrogens is 312 g/mol. The quantitative estimate of drug-likeness (QED) is 0.838. The molecule has 4 nitrogen and oxygen atoms in total. The highest BCUT2D eigenvalue weighted by Crippen LogP contribution is 2.28. The minimum absolute atomic E-state index is 0.216. The van der Waals surface area contributed by atoms with Crippen LogP contribution in [0.2, 0.25) is 5.02 Å². The Morgan fingerprint density at radius 3 is 2.70 bits per heavy atom. The molecular formula is C18H27ClN2O2. The van der Waals surface area contributed by atoms with E-state index >= 15 is 0 Å². The molecule has 1 heterocycles. The molecule has 2 rings (SSSR count). The van der Waals surface area contributed by atoms with Crippen LogP contribution in [0.1, 0.15) is 45.6 Å². The number of hydrogen-bond donors (Lipinski definition) is 1. The number of likely N-dealkylation sites (tertiary alicyclic amines) is 1. The molecule has 1 aromatic carbocycles. The normalized spacial score (nSPS) is 19.2. The fourth-order valence-corrected chi connectivity index (χ4v) is 3.04. The predicted octanol–water partition coefficient (Wildman–Crippen LogP) is 4.85. The highest BCUT2D eigenvalue weighted by atomic mass is 35.5. The highest BCUT2D eigenvalue weighted by molar-refractivity contribution is 6.33. The van der Waals surface area contributed by atoms with Gasteiger partial charge in [-0.05, 0) is 58.6 Å². The number of amides is 1. The topological polar surface area (TPSA) is 41.6 Å². The zero-order chi connectivity index (χ0) is 17.0. The molecule has 1 N–H and O–H groups in total. The first kappa shape index (κ1) is 17.9. The third kappa shape index (κ3) is 5.31. The Morgan fingerprint density at radius 2 is 2.04 bits per heavy atom. The van der Waals surface area contributed by atoms with Crippen molar-refractivity contribution in [1.82, 2.24) is 4.90 Å². The summed E-state index contributed by atoms with van der Waals surface area (Å²) in [5.41, 5.74) is 1.70. The van der Waals surface area contributed by atoms with Crippen LogP contribution in [0.4, 0.5) is 10.5 Å². The second-order valence-electron chi connectivity index (χ2n) is 7.17. The van der Waals surface area contributed by atoms with Gasteiger partial charge in [-0.2, -0.15) is 0 Å². The third-order valence-corrected chi connectivity index (χ3v) is 4.27. The van der Waals surface area contributed by atoms with Gasteiger partial charge in [-0.15, -0.1) is 0 Å². The van der Waals surface area contributed by atoms with Crippen LogP contribution in [-0.4, -0.2) is 35.7 Å². The lowest BCUT2D eigenvalue weighted by molar-refractivity contribution is 0.0256. The first-order chi connectivity index (χ1) is 10.8. The van der Waals surface area contributed by atoms with Crippen LogP contribution in [0.5, 0.6) is 0 Å². The number of benzene rings is 1. The molecule has 5 heteroatoms. The van der Waals surface area contributed by atoms with Crippen molar-refractivity contribution in [3.8, 4) is 0 Å². The maximum Gasteiger partial charge on any atom is 0.410 e. The number of nitrogens with zero attached hydrogens (tertiary/aromatic N) is 1. The summed E-state index contributed by atoms with van der Waals surface area (Å²) in [6.07, 6.45) is 2.65. The van der Waals surface area contributed by atoms with Crippen molar-refractivity contribution in [2.24, 2.45) is 0 Å².